The molecule has 1 aromatic carbocycles. The second kappa shape index (κ2) is 4.01. The van der Waals surface area contributed by atoms with E-state index < -0.39 is 5.97 Å². The third kappa shape index (κ3) is 2.09. The summed E-state index contributed by atoms with van der Waals surface area (Å²) in [5, 5.41) is 12.4. The number of hydrogen-bond acceptors (Lipinski definition) is 2. The quantitative estimate of drug-likeness (QED) is 0.836. The van der Waals surface area contributed by atoms with Crippen molar-refractivity contribution < 1.29 is 9.90 Å². The lowest BCUT2D eigenvalue weighted by molar-refractivity contribution is 0.0697. The summed E-state index contributed by atoms with van der Waals surface area (Å²) in [5.74, 6) is 0.0879. The molecule has 18 heavy (non-hydrogen) atoms. The van der Waals surface area contributed by atoms with E-state index in [9.17, 15) is 4.79 Å². The van der Waals surface area contributed by atoms with Gasteiger partial charge >= 0.3 is 5.97 Å². The molecule has 0 aliphatic heterocycles. The second-order valence-electron chi connectivity index (χ2n) is 5.83. The van der Waals surface area contributed by atoms with E-state index in [2.05, 4.69) is 5.32 Å². The summed E-state index contributed by atoms with van der Waals surface area (Å²) in [4.78, 5) is 10.9. The zero-order valence-electron chi connectivity index (χ0n) is 10.7. The van der Waals surface area contributed by atoms with Crippen molar-refractivity contribution in [2.45, 2.75) is 32.6 Å². The molecule has 2 fully saturated rings. The van der Waals surface area contributed by atoms with Crippen LogP contribution < -0.4 is 5.32 Å². The molecule has 0 radical (unpaired) electrons. The number of carboxylic acids is 1. The van der Waals surface area contributed by atoms with Crippen LogP contribution >= 0.6 is 0 Å². The number of rotatable bonds is 5. The van der Waals surface area contributed by atoms with E-state index in [0.717, 1.165) is 23.7 Å². The van der Waals surface area contributed by atoms with Gasteiger partial charge in [-0.15, -0.1) is 0 Å². The Bertz CT molecular complexity index is 487. The molecular formula is C15H19NO2. The highest BCUT2D eigenvalue weighted by Crippen LogP contribution is 2.61. The molecule has 2 N–H and O–H groups in total. The Morgan fingerprint density at radius 3 is 2.67 bits per heavy atom. The van der Waals surface area contributed by atoms with Crippen LogP contribution in [0.3, 0.4) is 0 Å². The molecule has 0 spiro atoms. The molecule has 3 rings (SSSR count). The first-order valence-corrected chi connectivity index (χ1v) is 6.69. The minimum atomic E-state index is -0.860. The van der Waals surface area contributed by atoms with Crippen molar-refractivity contribution in [1.82, 2.24) is 0 Å². The lowest BCUT2D eigenvalue weighted by Gasteiger charge is -2.17. The molecule has 96 valence electrons. The summed E-state index contributed by atoms with van der Waals surface area (Å²) in [5.41, 5.74) is 3.02. The maximum Gasteiger partial charge on any atom is 0.335 e. The first-order valence-electron chi connectivity index (χ1n) is 6.69. The Kier molecular flexibility index (Phi) is 2.58. The molecule has 0 aromatic heterocycles. The van der Waals surface area contributed by atoms with E-state index in [4.69, 9.17) is 5.11 Å². The molecule has 0 saturated heterocycles. The Morgan fingerprint density at radius 1 is 1.44 bits per heavy atom. The normalized spacial score (nSPS) is 20.5. The monoisotopic (exact) mass is 245 g/mol. The third-order valence-electron chi connectivity index (χ3n) is 4.44. The van der Waals surface area contributed by atoms with E-state index in [1.165, 1.54) is 25.7 Å². The number of nitrogens with one attached hydrogen (secondary N) is 1. The maximum atomic E-state index is 10.9. The number of aromatic carboxylic acids is 1. The van der Waals surface area contributed by atoms with E-state index >= 15 is 0 Å². The fraction of sp³-hybridized carbons (Fsp3) is 0.533. The third-order valence-corrected chi connectivity index (χ3v) is 4.44. The first-order chi connectivity index (χ1) is 8.61. The number of carboxylic acid groups (broad SMARTS) is 1. The molecule has 0 amide bonds. The molecule has 3 heteroatoms. The van der Waals surface area contributed by atoms with Crippen LogP contribution in [0.15, 0.2) is 18.2 Å². The molecular weight excluding hydrogens is 226 g/mol. The summed E-state index contributed by atoms with van der Waals surface area (Å²) in [6, 6.07) is 5.30. The van der Waals surface area contributed by atoms with Gasteiger partial charge in [0.15, 0.2) is 0 Å². The van der Waals surface area contributed by atoms with Gasteiger partial charge in [-0.2, -0.15) is 0 Å². The summed E-state index contributed by atoms with van der Waals surface area (Å²) in [6.07, 6.45) is 5.52. The van der Waals surface area contributed by atoms with E-state index in [-0.39, 0.29) is 0 Å². The molecule has 2 aliphatic carbocycles. The summed E-state index contributed by atoms with van der Waals surface area (Å²) >= 11 is 0. The molecule has 2 aliphatic rings. The molecule has 0 unspecified atom stereocenters. The number of benzene rings is 1. The largest absolute Gasteiger partial charge is 0.478 e. The van der Waals surface area contributed by atoms with Gasteiger partial charge in [0, 0.05) is 12.2 Å². The highest BCUT2D eigenvalue weighted by molar-refractivity contribution is 5.88. The van der Waals surface area contributed by atoms with Crippen LogP contribution in [0, 0.1) is 18.3 Å². The van der Waals surface area contributed by atoms with Crippen molar-refractivity contribution in [3.8, 4) is 0 Å². The Balaban J connectivity index is 1.67. The lowest BCUT2D eigenvalue weighted by Crippen LogP contribution is -2.17. The van der Waals surface area contributed by atoms with Crippen LogP contribution in [0.25, 0.3) is 0 Å². The Hall–Kier alpha value is -1.51. The van der Waals surface area contributed by atoms with Crippen molar-refractivity contribution in [3.05, 3.63) is 29.3 Å². The average Bonchev–Trinajstić information content (AvgIpc) is 3.19. The lowest BCUT2D eigenvalue weighted by atomic mass is 10.0. The highest BCUT2D eigenvalue weighted by atomic mass is 16.4. The van der Waals surface area contributed by atoms with Crippen LogP contribution in [-0.4, -0.2) is 17.6 Å². The topological polar surface area (TPSA) is 49.3 Å². The number of aryl methyl sites for hydroxylation is 1. The van der Waals surface area contributed by atoms with Gasteiger partial charge in [-0.25, -0.2) is 4.79 Å². The van der Waals surface area contributed by atoms with E-state index in [1.54, 1.807) is 12.1 Å². The summed E-state index contributed by atoms with van der Waals surface area (Å²) < 4.78 is 0. The van der Waals surface area contributed by atoms with Crippen LogP contribution in [0.1, 0.15) is 41.6 Å². The van der Waals surface area contributed by atoms with E-state index in [0.29, 0.717) is 11.0 Å². The summed E-state index contributed by atoms with van der Waals surface area (Å²) in [6.45, 7) is 3.01. The first kappa shape index (κ1) is 11.6. The number of anilines is 1. The van der Waals surface area contributed by atoms with Crippen LogP contribution in [0.4, 0.5) is 5.69 Å². The van der Waals surface area contributed by atoms with Crippen molar-refractivity contribution in [3.63, 3.8) is 0 Å². The van der Waals surface area contributed by atoms with Gasteiger partial charge in [-0.3, -0.25) is 0 Å². The SMILES string of the molecule is Cc1cc(C(=O)O)ccc1NCC1(C2CC2)CC1. The predicted molar refractivity (Wildman–Crippen MR) is 71.0 cm³/mol. The van der Waals surface area contributed by atoms with Crippen LogP contribution in [0.2, 0.25) is 0 Å². The van der Waals surface area contributed by atoms with Crippen LogP contribution in [-0.2, 0) is 0 Å². The molecule has 0 heterocycles. The molecule has 1 aromatic rings. The van der Waals surface area contributed by atoms with Crippen molar-refractivity contribution in [2.24, 2.45) is 11.3 Å². The maximum absolute atomic E-state index is 10.9. The van der Waals surface area contributed by atoms with Crippen LogP contribution in [0.5, 0.6) is 0 Å². The fourth-order valence-corrected chi connectivity index (χ4v) is 2.85. The van der Waals surface area contributed by atoms with Crippen molar-refractivity contribution >= 4 is 11.7 Å². The summed E-state index contributed by atoms with van der Waals surface area (Å²) in [7, 11) is 0. The van der Waals surface area contributed by atoms with Crippen molar-refractivity contribution in [2.75, 3.05) is 11.9 Å². The number of carbonyl (C=O) groups is 1. The molecule has 0 bridgehead atoms. The zero-order chi connectivity index (χ0) is 12.8. The standard InChI is InChI=1S/C15H19NO2/c1-10-8-11(14(17)18)2-5-13(10)16-9-15(6-7-15)12-3-4-12/h2,5,8,12,16H,3-4,6-7,9H2,1H3,(H,17,18). The van der Waals surface area contributed by atoms with E-state index in [1.807, 2.05) is 13.0 Å². The minimum Gasteiger partial charge on any atom is -0.478 e. The fourth-order valence-electron chi connectivity index (χ4n) is 2.85. The van der Waals surface area contributed by atoms with Crippen molar-refractivity contribution in [1.29, 1.82) is 0 Å². The Labute approximate surface area is 107 Å². The van der Waals surface area contributed by atoms with Gasteiger partial charge in [0.2, 0.25) is 0 Å². The minimum absolute atomic E-state index is 0.362. The molecule has 3 nitrogen and oxygen atoms in total. The number of hydrogen-bond donors (Lipinski definition) is 2. The Morgan fingerprint density at radius 2 is 2.17 bits per heavy atom. The van der Waals surface area contributed by atoms with Gasteiger partial charge in [0.05, 0.1) is 5.56 Å². The highest BCUT2D eigenvalue weighted by Gasteiger charge is 2.53. The average molecular weight is 245 g/mol. The molecule has 2 saturated carbocycles. The van der Waals surface area contributed by atoms with Gasteiger partial charge in [-0.05, 0) is 67.7 Å². The second-order valence-corrected chi connectivity index (χ2v) is 5.83. The van der Waals surface area contributed by atoms with Gasteiger partial charge in [0.1, 0.15) is 0 Å². The predicted octanol–water partition coefficient (Wildman–Crippen LogP) is 3.30. The smallest absolute Gasteiger partial charge is 0.335 e. The van der Waals surface area contributed by atoms with Gasteiger partial charge in [0.25, 0.3) is 0 Å². The zero-order valence-corrected chi connectivity index (χ0v) is 10.7. The van der Waals surface area contributed by atoms with Gasteiger partial charge < -0.3 is 10.4 Å². The molecule has 0 atom stereocenters. The van der Waals surface area contributed by atoms with Gasteiger partial charge in [-0.1, -0.05) is 0 Å².